The Labute approximate surface area is 96.9 Å². The Bertz CT molecular complexity index is 292. The van der Waals surface area contributed by atoms with E-state index in [2.05, 4.69) is 37.5 Å². The average molecular weight is 226 g/mol. The minimum absolute atomic E-state index is 0.167. The second kappa shape index (κ2) is 5.64. The lowest BCUT2D eigenvalue weighted by Crippen LogP contribution is -2.41. The zero-order valence-electron chi connectivity index (χ0n) is 9.97. The zero-order chi connectivity index (χ0) is 11.3. The van der Waals surface area contributed by atoms with Crippen LogP contribution in [0.25, 0.3) is 0 Å². The minimum Gasteiger partial charge on any atom is -0.330 e. The van der Waals surface area contributed by atoms with Gasteiger partial charge in [-0.2, -0.15) is 0 Å². The standard InChI is InChI=1S/C12H22N2S/c1-10-5-9-15-11(10)4-8-14-12(2,3)6-7-13/h5,9,14H,4,6-8,13H2,1-3H3. The van der Waals surface area contributed by atoms with Crippen LogP contribution in [0.5, 0.6) is 0 Å². The predicted octanol–water partition coefficient (Wildman–Crippen LogP) is 2.32. The fourth-order valence-corrected chi connectivity index (χ4v) is 2.53. The monoisotopic (exact) mass is 226 g/mol. The fourth-order valence-electron chi connectivity index (χ4n) is 1.62. The van der Waals surface area contributed by atoms with E-state index >= 15 is 0 Å². The minimum atomic E-state index is 0.167. The van der Waals surface area contributed by atoms with Crippen LogP contribution in [0.4, 0.5) is 0 Å². The van der Waals surface area contributed by atoms with Crippen molar-refractivity contribution in [2.24, 2.45) is 5.73 Å². The molecule has 2 nitrogen and oxygen atoms in total. The predicted molar refractivity (Wildman–Crippen MR) is 68.5 cm³/mol. The Balaban J connectivity index is 2.30. The molecule has 0 saturated carbocycles. The van der Waals surface area contributed by atoms with Gasteiger partial charge < -0.3 is 11.1 Å². The Morgan fingerprint density at radius 1 is 1.47 bits per heavy atom. The van der Waals surface area contributed by atoms with E-state index in [0.29, 0.717) is 0 Å². The van der Waals surface area contributed by atoms with Crippen molar-refractivity contribution in [3.8, 4) is 0 Å². The summed E-state index contributed by atoms with van der Waals surface area (Å²) in [6, 6.07) is 2.19. The number of hydrogen-bond donors (Lipinski definition) is 2. The van der Waals surface area contributed by atoms with Crippen molar-refractivity contribution in [2.75, 3.05) is 13.1 Å². The van der Waals surface area contributed by atoms with Gasteiger partial charge in [0.05, 0.1) is 0 Å². The van der Waals surface area contributed by atoms with Gasteiger partial charge in [0.15, 0.2) is 0 Å². The summed E-state index contributed by atoms with van der Waals surface area (Å²) in [7, 11) is 0. The van der Waals surface area contributed by atoms with Crippen LogP contribution in [0, 0.1) is 6.92 Å². The fraction of sp³-hybridized carbons (Fsp3) is 0.667. The Kier molecular flexibility index (Phi) is 4.77. The molecule has 3 heteroatoms. The molecular formula is C12H22N2S. The first-order valence-corrected chi connectivity index (χ1v) is 6.41. The maximum atomic E-state index is 5.57. The molecule has 3 N–H and O–H groups in total. The summed E-state index contributed by atoms with van der Waals surface area (Å²) in [6.07, 6.45) is 2.15. The summed E-state index contributed by atoms with van der Waals surface area (Å²) >= 11 is 1.85. The van der Waals surface area contributed by atoms with Crippen LogP contribution in [-0.4, -0.2) is 18.6 Å². The highest BCUT2D eigenvalue weighted by molar-refractivity contribution is 7.10. The van der Waals surface area contributed by atoms with E-state index in [-0.39, 0.29) is 5.54 Å². The molecule has 0 aromatic carbocycles. The molecule has 0 saturated heterocycles. The van der Waals surface area contributed by atoms with Crippen LogP contribution in [0.15, 0.2) is 11.4 Å². The second-order valence-electron chi connectivity index (χ2n) is 4.63. The van der Waals surface area contributed by atoms with E-state index in [4.69, 9.17) is 5.73 Å². The summed E-state index contributed by atoms with van der Waals surface area (Å²) in [4.78, 5) is 1.49. The van der Waals surface area contributed by atoms with Gasteiger partial charge in [-0.3, -0.25) is 0 Å². The molecule has 0 aliphatic carbocycles. The van der Waals surface area contributed by atoms with Crippen LogP contribution in [-0.2, 0) is 6.42 Å². The van der Waals surface area contributed by atoms with Gasteiger partial charge >= 0.3 is 0 Å². The maximum absolute atomic E-state index is 5.57. The molecule has 0 atom stereocenters. The van der Waals surface area contributed by atoms with Gasteiger partial charge in [0, 0.05) is 17.0 Å². The molecule has 0 fully saturated rings. The van der Waals surface area contributed by atoms with E-state index in [9.17, 15) is 0 Å². The molecular weight excluding hydrogens is 204 g/mol. The smallest absolute Gasteiger partial charge is 0.0137 e. The van der Waals surface area contributed by atoms with E-state index in [1.807, 2.05) is 11.3 Å². The van der Waals surface area contributed by atoms with Crippen molar-refractivity contribution < 1.29 is 0 Å². The first-order chi connectivity index (χ1) is 7.05. The number of hydrogen-bond acceptors (Lipinski definition) is 3. The Hall–Kier alpha value is -0.380. The van der Waals surface area contributed by atoms with E-state index in [0.717, 1.165) is 25.9 Å². The summed E-state index contributed by atoms with van der Waals surface area (Å²) in [5, 5.41) is 5.71. The number of rotatable bonds is 6. The van der Waals surface area contributed by atoms with Crippen molar-refractivity contribution in [1.29, 1.82) is 0 Å². The molecule has 1 aromatic heterocycles. The topological polar surface area (TPSA) is 38.0 Å². The largest absolute Gasteiger partial charge is 0.330 e. The summed E-state index contributed by atoms with van der Waals surface area (Å²) in [6.45, 7) is 8.38. The molecule has 1 aromatic rings. The molecule has 1 rings (SSSR count). The van der Waals surface area contributed by atoms with Crippen LogP contribution in [0.1, 0.15) is 30.7 Å². The molecule has 0 aliphatic heterocycles. The van der Waals surface area contributed by atoms with Crippen LogP contribution in [0.2, 0.25) is 0 Å². The van der Waals surface area contributed by atoms with Crippen LogP contribution >= 0.6 is 11.3 Å². The third kappa shape index (κ3) is 4.33. The summed E-state index contributed by atoms with van der Waals surface area (Å²) in [5.41, 5.74) is 7.15. The Morgan fingerprint density at radius 2 is 2.20 bits per heavy atom. The zero-order valence-corrected chi connectivity index (χ0v) is 10.8. The van der Waals surface area contributed by atoms with Gasteiger partial charge in [0.2, 0.25) is 0 Å². The SMILES string of the molecule is Cc1ccsc1CCNC(C)(C)CCN. The first-order valence-electron chi connectivity index (χ1n) is 5.53. The second-order valence-corrected chi connectivity index (χ2v) is 5.63. The van der Waals surface area contributed by atoms with Crippen molar-refractivity contribution >= 4 is 11.3 Å². The van der Waals surface area contributed by atoms with Gasteiger partial charge in [-0.05, 0) is 57.2 Å². The highest BCUT2D eigenvalue weighted by Gasteiger charge is 2.15. The normalized spacial score (nSPS) is 12.0. The van der Waals surface area contributed by atoms with Gasteiger partial charge in [0.25, 0.3) is 0 Å². The van der Waals surface area contributed by atoms with E-state index < -0.39 is 0 Å². The molecule has 86 valence electrons. The number of thiophene rings is 1. The Morgan fingerprint density at radius 3 is 2.73 bits per heavy atom. The van der Waals surface area contributed by atoms with Gasteiger partial charge in [-0.15, -0.1) is 11.3 Å². The lowest BCUT2D eigenvalue weighted by molar-refractivity contribution is 0.370. The molecule has 0 radical (unpaired) electrons. The van der Waals surface area contributed by atoms with E-state index in [1.165, 1.54) is 10.4 Å². The first kappa shape index (κ1) is 12.7. The summed E-state index contributed by atoms with van der Waals surface area (Å²) in [5.74, 6) is 0. The molecule has 0 bridgehead atoms. The highest BCUT2D eigenvalue weighted by atomic mass is 32.1. The molecule has 0 spiro atoms. The van der Waals surface area contributed by atoms with Gasteiger partial charge in [-0.1, -0.05) is 0 Å². The average Bonchev–Trinajstić information content (AvgIpc) is 2.51. The maximum Gasteiger partial charge on any atom is 0.0137 e. The molecule has 0 amide bonds. The van der Waals surface area contributed by atoms with Gasteiger partial charge in [0.1, 0.15) is 0 Å². The molecule has 0 unspecified atom stereocenters. The quantitative estimate of drug-likeness (QED) is 0.781. The number of nitrogens with one attached hydrogen (secondary N) is 1. The number of aryl methyl sites for hydroxylation is 1. The van der Waals surface area contributed by atoms with E-state index in [1.54, 1.807) is 0 Å². The summed E-state index contributed by atoms with van der Waals surface area (Å²) < 4.78 is 0. The lowest BCUT2D eigenvalue weighted by Gasteiger charge is -2.25. The molecule has 15 heavy (non-hydrogen) atoms. The van der Waals surface area contributed by atoms with Crippen LogP contribution < -0.4 is 11.1 Å². The van der Waals surface area contributed by atoms with Gasteiger partial charge in [-0.25, -0.2) is 0 Å². The van der Waals surface area contributed by atoms with Crippen LogP contribution in [0.3, 0.4) is 0 Å². The van der Waals surface area contributed by atoms with Crippen molar-refractivity contribution in [3.05, 3.63) is 21.9 Å². The number of nitrogens with two attached hydrogens (primary N) is 1. The highest BCUT2D eigenvalue weighted by Crippen LogP contribution is 2.16. The van der Waals surface area contributed by atoms with Crippen molar-refractivity contribution in [3.63, 3.8) is 0 Å². The molecule has 1 heterocycles. The van der Waals surface area contributed by atoms with Crippen molar-refractivity contribution in [1.82, 2.24) is 5.32 Å². The molecule has 0 aliphatic rings. The third-order valence-electron chi connectivity index (χ3n) is 2.69. The third-order valence-corrected chi connectivity index (χ3v) is 3.78. The van der Waals surface area contributed by atoms with Crippen molar-refractivity contribution in [2.45, 2.75) is 39.2 Å². The lowest BCUT2D eigenvalue weighted by atomic mass is 10.0.